The summed E-state index contributed by atoms with van der Waals surface area (Å²) in [6.45, 7) is 4.84. The lowest BCUT2D eigenvalue weighted by molar-refractivity contribution is 0.150. The summed E-state index contributed by atoms with van der Waals surface area (Å²) in [5.74, 6) is 3.70. The molecule has 5 unspecified atom stereocenters. The lowest BCUT2D eigenvalue weighted by atomic mass is 9.70. The maximum atomic E-state index is 6.19. The van der Waals surface area contributed by atoms with Gasteiger partial charge in [-0.1, -0.05) is 26.7 Å². The Morgan fingerprint density at radius 3 is 2.29 bits per heavy atom. The van der Waals surface area contributed by atoms with E-state index in [9.17, 15) is 0 Å². The maximum absolute atomic E-state index is 6.19. The second kappa shape index (κ2) is 4.22. The van der Waals surface area contributed by atoms with Gasteiger partial charge in [-0.05, 0) is 49.4 Å². The molecule has 2 saturated carbocycles. The Hall–Kier alpha value is -0.0400. The molecule has 0 aliphatic heterocycles. The first-order chi connectivity index (χ1) is 6.68. The summed E-state index contributed by atoms with van der Waals surface area (Å²) >= 11 is 0. The molecule has 1 nitrogen and oxygen atoms in total. The van der Waals surface area contributed by atoms with Gasteiger partial charge in [-0.15, -0.1) is 0 Å². The van der Waals surface area contributed by atoms with Gasteiger partial charge in [0.1, 0.15) is 0 Å². The minimum absolute atomic E-state index is 0.528. The van der Waals surface area contributed by atoms with Crippen LogP contribution in [0.15, 0.2) is 0 Å². The fourth-order valence-corrected chi connectivity index (χ4v) is 3.58. The number of hydrogen-bond donors (Lipinski definition) is 1. The van der Waals surface area contributed by atoms with Crippen LogP contribution >= 0.6 is 0 Å². The fraction of sp³-hybridized carbons (Fsp3) is 1.00. The molecule has 14 heavy (non-hydrogen) atoms. The van der Waals surface area contributed by atoms with Crippen LogP contribution in [0.1, 0.15) is 52.4 Å². The summed E-state index contributed by atoms with van der Waals surface area (Å²) in [7, 11) is 0. The Balaban J connectivity index is 1.92. The molecular weight excluding hydrogens is 170 g/mol. The molecule has 1 heteroatoms. The van der Waals surface area contributed by atoms with E-state index in [1.54, 1.807) is 0 Å². The highest BCUT2D eigenvalue weighted by Crippen LogP contribution is 2.42. The van der Waals surface area contributed by atoms with Crippen molar-refractivity contribution in [2.75, 3.05) is 0 Å². The van der Waals surface area contributed by atoms with Crippen LogP contribution in [0.25, 0.3) is 0 Å². The van der Waals surface area contributed by atoms with Gasteiger partial charge in [-0.25, -0.2) is 0 Å². The first-order valence-corrected chi connectivity index (χ1v) is 6.44. The molecule has 0 aromatic carbocycles. The molecule has 0 saturated heterocycles. The molecule has 0 radical (unpaired) electrons. The summed E-state index contributed by atoms with van der Waals surface area (Å²) in [5, 5.41) is 0. The van der Waals surface area contributed by atoms with E-state index in [-0.39, 0.29) is 0 Å². The predicted octanol–water partition coefficient (Wildman–Crippen LogP) is 3.19. The smallest absolute Gasteiger partial charge is 0.00698 e. The molecule has 0 aromatic rings. The molecule has 0 aromatic heterocycles. The van der Waals surface area contributed by atoms with Gasteiger partial charge >= 0.3 is 0 Å². The average Bonchev–Trinajstić information content (AvgIpc) is 2.57. The van der Waals surface area contributed by atoms with Gasteiger partial charge in [0.25, 0.3) is 0 Å². The molecule has 82 valence electrons. The van der Waals surface area contributed by atoms with E-state index in [2.05, 4.69) is 13.8 Å². The van der Waals surface area contributed by atoms with Crippen molar-refractivity contribution in [2.24, 2.45) is 29.4 Å². The van der Waals surface area contributed by atoms with Gasteiger partial charge in [-0.2, -0.15) is 0 Å². The minimum Gasteiger partial charge on any atom is -0.327 e. The Morgan fingerprint density at radius 1 is 0.929 bits per heavy atom. The van der Waals surface area contributed by atoms with E-state index >= 15 is 0 Å². The van der Waals surface area contributed by atoms with E-state index in [1.807, 2.05) is 0 Å². The second-order valence-electron chi connectivity index (χ2n) is 5.79. The fourth-order valence-electron chi connectivity index (χ4n) is 3.58. The number of nitrogens with two attached hydrogens (primary N) is 1. The first kappa shape index (κ1) is 10.5. The first-order valence-electron chi connectivity index (χ1n) is 6.44. The number of hydrogen-bond acceptors (Lipinski definition) is 1. The van der Waals surface area contributed by atoms with Crippen molar-refractivity contribution in [3.05, 3.63) is 0 Å². The van der Waals surface area contributed by atoms with E-state index in [0.29, 0.717) is 6.04 Å². The molecule has 5 atom stereocenters. The Bertz CT molecular complexity index is 190. The number of rotatable bonds is 1. The average molecular weight is 195 g/mol. The summed E-state index contributed by atoms with van der Waals surface area (Å²) in [4.78, 5) is 0. The zero-order valence-corrected chi connectivity index (χ0v) is 9.71. The molecule has 0 heterocycles. The van der Waals surface area contributed by atoms with Crippen molar-refractivity contribution in [3.63, 3.8) is 0 Å². The van der Waals surface area contributed by atoms with Gasteiger partial charge in [0, 0.05) is 6.04 Å². The van der Waals surface area contributed by atoms with Crippen molar-refractivity contribution < 1.29 is 0 Å². The lowest BCUT2D eigenvalue weighted by Crippen LogP contribution is -2.34. The lowest BCUT2D eigenvalue weighted by Gasteiger charge is -2.36. The van der Waals surface area contributed by atoms with E-state index in [0.717, 1.165) is 23.7 Å². The molecule has 2 aliphatic carbocycles. The highest BCUT2D eigenvalue weighted by molar-refractivity contribution is 4.88. The van der Waals surface area contributed by atoms with Crippen LogP contribution in [-0.2, 0) is 0 Å². The third kappa shape index (κ3) is 1.98. The maximum Gasteiger partial charge on any atom is 0.00698 e. The Kier molecular flexibility index (Phi) is 3.16. The van der Waals surface area contributed by atoms with Gasteiger partial charge in [0.2, 0.25) is 0 Å². The summed E-state index contributed by atoms with van der Waals surface area (Å²) in [6, 6.07) is 0.528. The van der Waals surface area contributed by atoms with Gasteiger partial charge in [-0.3, -0.25) is 0 Å². The van der Waals surface area contributed by atoms with Crippen LogP contribution < -0.4 is 5.73 Å². The van der Waals surface area contributed by atoms with Crippen LogP contribution in [0.2, 0.25) is 0 Å². The summed E-state index contributed by atoms with van der Waals surface area (Å²) in [6.07, 6.45) is 8.41. The molecule has 2 fully saturated rings. The molecule has 0 spiro atoms. The molecule has 0 bridgehead atoms. The van der Waals surface area contributed by atoms with Crippen molar-refractivity contribution >= 4 is 0 Å². The highest BCUT2D eigenvalue weighted by Gasteiger charge is 2.35. The van der Waals surface area contributed by atoms with Crippen LogP contribution in [0.5, 0.6) is 0 Å². The second-order valence-corrected chi connectivity index (χ2v) is 5.79. The molecule has 2 rings (SSSR count). The van der Waals surface area contributed by atoms with E-state index < -0.39 is 0 Å². The van der Waals surface area contributed by atoms with E-state index in [4.69, 9.17) is 5.73 Å². The van der Waals surface area contributed by atoms with Crippen molar-refractivity contribution in [3.8, 4) is 0 Å². The topological polar surface area (TPSA) is 26.0 Å². The predicted molar refractivity (Wildman–Crippen MR) is 61.0 cm³/mol. The Labute approximate surface area is 88.4 Å². The van der Waals surface area contributed by atoms with Crippen molar-refractivity contribution in [2.45, 2.75) is 58.4 Å². The van der Waals surface area contributed by atoms with Gasteiger partial charge < -0.3 is 5.73 Å². The SMILES string of the molecule is CC1CCC(C2CCCC2N)CC1C. The zero-order valence-electron chi connectivity index (χ0n) is 9.71. The van der Waals surface area contributed by atoms with Crippen molar-refractivity contribution in [1.82, 2.24) is 0 Å². The standard InChI is InChI=1S/C13H25N/c1-9-6-7-11(8-10(9)2)12-4-3-5-13(12)14/h9-13H,3-8,14H2,1-2H3. The van der Waals surface area contributed by atoms with Crippen LogP contribution in [0.3, 0.4) is 0 Å². The summed E-state index contributed by atoms with van der Waals surface area (Å²) in [5.41, 5.74) is 6.19. The van der Waals surface area contributed by atoms with Crippen molar-refractivity contribution in [1.29, 1.82) is 0 Å². The highest BCUT2D eigenvalue weighted by atomic mass is 14.7. The van der Waals surface area contributed by atoms with Crippen LogP contribution in [-0.4, -0.2) is 6.04 Å². The van der Waals surface area contributed by atoms with Crippen LogP contribution in [0.4, 0.5) is 0 Å². The van der Waals surface area contributed by atoms with E-state index in [1.165, 1.54) is 38.5 Å². The normalized spacial score (nSPS) is 49.5. The monoisotopic (exact) mass is 195 g/mol. The molecular formula is C13H25N. The molecule has 0 amide bonds. The third-order valence-electron chi connectivity index (χ3n) is 4.87. The minimum atomic E-state index is 0.528. The van der Waals surface area contributed by atoms with Gasteiger partial charge in [0.05, 0.1) is 0 Å². The summed E-state index contributed by atoms with van der Waals surface area (Å²) < 4.78 is 0. The molecule has 2 N–H and O–H groups in total. The Morgan fingerprint density at radius 2 is 1.71 bits per heavy atom. The van der Waals surface area contributed by atoms with Crippen LogP contribution in [0, 0.1) is 23.7 Å². The molecule has 2 aliphatic rings. The third-order valence-corrected chi connectivity index (χ3v) is 4.87. The largest absolute Gasteiger partial charge is 0.327 e. The van der Waals surface area contributed by atoms with Gasteiger partial charge in [0.15, 0.2) is 0 Å². The zero-order chi connectivity index (χ0) is 10.1. The quantitative estimate of drug-likeness (QED) is 0.683.